The van der Waals surface area contributed by atoms with Crippen molar-refractivity contribution in [1.82, 2.24) is 4.98 Å². The van der Waals surface area contributed by atoms with Crippen molar-refractivity contribution in [3.05, 3.63) is 181 Å². The number of aromatic nitrogens is 1. The van der Waals surface area contributed by atoms with Crippen molar-refractivity contribution >= 4 is 22.3 Å². The number of nitrogens with one attached hydrogen (secondary N) is 1. The van der Waals surface area contributed by atoms with Gasteiger partial charge < -0.3 is 4.98 Å². The topological polar surface area (TPSA) is 40.5 Å². The number of aliphatic imine (C=N–C) groups is 2. The van der Waals surface area contributed by atoms with Gasteiger partial charge in [0.2, 0.25) is 0 Å². The highest BCUT2D eigenvalue weighted by Crippen LogP contribution is 2.33. The van der Waals surface area contributed by atoms with Crippen molar-refractivity contribution < 1.29 is 0 Å². The van der Waals surface area contributed by atoms with E-state index < -0.39 is 0 Å². The lowest BCUT2D eigenvalue weighted by Crippen LogP contribution is -2.09. The Hall–Kier alpha value is -5.80. The Bertz CT molecular complexity index is 2110. The van der Waals surface area contributed by atoms with E-state index in [1.54, 1.807) is 7.05 Å². The third-order valence-corrected chi connectivity index (χ3v) is 7.90. The predicted octanol–water partition coefficient (Wildman–Crippen LogP) is 10.1. The third-order valence-electron chi connectivity index (χ3n) is 7.90. The summed E-state index contributed by atoms with van der Waals surface area (Å²) in [7, 11) is 1.80. The van der Waals surface area contributed by atoms with Crippen LogP contribution in [0.2, 0.25) is 0 Å². The summed E-state index contributed by atoms with van der Waals surface area (Å²) in [4.78, 5) is 13.2. The number of fused-ring (bicyclic) bond motifs is 1. The normalized spacial score (nSPS) is 12.0. The first-order valence-electron chi connectivity index (χ1n) is 14.8. The number of rotatable bonds is 6. The van der Waals surface area contributed by atoms with Gasteiger partial charge in [0.05, 0.1) is 5.71 Å². The van der Waals surface area contributed by atoms with Gasteiger partial charge in [-0.2, -0.15) is 0 Å². The van der Waals surface area contributed by atoms with Crippen LogP contribution >= 0.6 is 0 Å². The quantitative estimate of drug-likeness (QED) is 0.154. The molecule has 1 heterocycles. The van der Waals surface area contributed by atoms with Crippen molar-refractivity contribution in [3.63, 3.8) is 0 Å². The van der Waals surface area contributed by atoms with Crippen LogP contribution < -0.4 is 0 Å². The van der Waals surface area contributed by atoms with Crippen LogP contribution in [0.15, 0.2) is 174 Å². The van der Waals surface area contributed by atoms with E-state index in [0.717, 1.165) is 55.9 Å². The average Bonchev–Trinajstić information content (AvgIpc) is 3.65. The van der Waals surface area contributed by atoms with Crippen LogP contribution in [0.3, 0.4) is 0 Å². The zero-order chi connectivity index (χ0) is 29.7. The van der Waals surface area contributed by atoms with Gasteiger partial charge in [0, 0.05) is 35.6 Å². The molecule has 44 heavy (non-hydrogen) atoms. The highest BCUT2D eigenvalue weighted by molar-refractivity contribution is 6.20. The maximum absolute atomic E-state index is 5.24. The lowest BCUT2D eigenvalue weighted by Gasteiger charge is -2.15. The summed E-state index contributed by atoms with van der Waals surface area (Å²) >= 11 is 0. The Morgan fingerprint density at radius 3 is 1.80 bits per heavy atom. The fourth-order valence-corrected chi connectivity index (χ4v) is 5.67. The van der Waals surface area contributed by atoms with Gasteiger partial charge in [0.15, 0.2) is 5.84 Å². The summed E-state index contributed by atoms with van der Waals surface area (Å²) in [6.07, 6.45) is 1.96. The molecule has 0 aliphatic heterocycles. The molecule has 0 radical (unpaired) electrons. The number of nitrogens with zero attached hydrogens (tertiary/aromatic N) is 2. The van der Waals surface area contributed by atoms with E-state index in [9.17, 15) is 0 Å². The molecule has 3 heteroatoms. The monoisotopic (exact) mass is 565 g/mol. The fourth-order valence-electron chi connectivity index (χ4n) is 5.67. The summed E-state index contributed by atoms with van der Waals surface area (Å²) in [6.45, 7) is 0. The molecule has 1 aromatic heterocycles. The van der Waals surface area contributed by atoms with Gasteiger partial charge in [0.1, 0.15) is 0 Å². The minimum atomic E-state index is 0.691. The molecule has 0 amide bonds. The Kier molecular flexibility index (Phi) is 7.51. The molecular formula is C41H31N3. The fraction of sp³-hybridized carbons (Fsp3) is 0.0244. The van der Waals surface area contributed by atoms with E-state index >= 15 is 0 Å². The molecule has 0 unspecified atom stereocenters. The van der Waals surface area contributed by atoms with E-state index in [-0.39, 0.29) is 0 Å². The molecule has 1 N–H and O–H groups in total. The molecule has 0 spiro atoms. The smallest absolute Gasteiger partial charge is 0.154 e. The van der Waals surface area contributed by atoms with Gasteiger partial charge in [-0.05, 0) is 81.1 Å². The second-order valence-electron chi connectivity index (χ2n) is 10.8. The van der Waals surface area contributed by atoms with Crippen LogP contribution in [-0.2, 0) is 0 Å². The Balaban J connectivity index is 1.46. The SMILES string of the molecule is C/N=C(\N=C(/c1ccccc1)c1cc(-c2cccc(-c3ccc[nH]3)c2)cc(-c2ccc3ccccc3c2)c1)c1ccccc1. The largest absolute Gasteiger partial charge is 0.361 e. The van der Waals surface area contributed by atoms with E-state index in [1.807, 2.05) is 36.5 Å². The van der Waals surface area contributed by atoms with Gasteiger partial charge in [-0.25, -0.2) is 4.99 Å². The van der Waals surface area contributed by atoms with E-state index in [1.165, 1.54) is 10.8 Å². The van der Waals surface area contributed by atoms with Crippen LogP contribution in [0.25, 0.3) is 44.3 Å². The first kappa shape index (κ1) is 27.1. The Morgan fingerprint density at radius 2 is 1.09 bits per heavy atom. The average molecular weight is 566 g/mol. The van der Waals surface area contributed by atoms with Crippen LogP contribution in [0.4, 0.5) is 0 Å². The van der Waals surface area contributed by atoms with Gasteiger partial charge in [-0.3, -0.25) is 4.99 Å². The molecule has 0 fully saturated rings. The second kappa shape index (κ2) is 12.2. The Labute approximate surface area is 257 Å². The van der Waals surface area contributed by atoms with Gasteiger partial charge in [-0.1, -0.05) is 115 Å². The number of benzene rings is 6. The maximum atomic E-state index is 5.24. The van der Waals surface area contributed by atoms with Crippen LogP contribution in [-0.4, -0.2) is 23.6 Å². The lowest BCUT2D eigenvalue weighted by molar-refractivity contribution is 1.38. The molecular weight excluding hydrogens is 534 g/mol. The lowest BCUT2D eigenvalue weighted by atomic mass is 9.91. The molecule has 6 aromatic carbocycles. The molecule has 0 atom stereocenters. The van der Waals surface area contributed by atoms with Gasteiger partial charge >= 0.3 is 0 Å². The van der Waals surface area contributed by atoms with Crippen molar-refractivity contribution in [1.29, 1.82) is 0 Å². The maximum Gasteiger partial charge on any atom is 0.154 e. The Morgan fingerprint density at radius 1 is 0.455 bits per heavy atom. The van der Waals surface area contributed by atoms with Crippen LogP contribution in [0, 0.1) is 0 Å². The summed E-state index contributed by atoms with van der Waals surface area (Å²) in [5.74, 6) is 0.691. The number of hydrogen-bond acceptors (Lipinski definition) is 1. The summed E-state index contributed by atoms with van der Waals surface area (Å²) in [5.41, 5.74) is 10.7. The van der Waals surface area contributed by atoms with E-state index in [4.69, 9.17) is 4.99 Å². The number of aromatic amines is 1. The number of H-pyrrole nitrogens is 1. The highest BCUT2D eigenvalue weighted by atomic mass is 14.9. The van der Waals surface area contributed by atoms with Gasteiger partial charge in [-0.15, -0.1) is 0 Å². The predicted molar refractivity (Wildman–Crippen MR) is 186 cm³/mol. The molecule has 3 nitrogen and oxygen atoms in total. The molecule has 0 aliphatic carbocycles. The van der Waals surface area contributed by atoms with Crippen molar-refractivity contribution in [2.45, 2.75) is 0 Å². The van der Waals surface area contributed by atoms with E-state index in [0.29, 0.717) is 5.84 Å². The molecule has 210 valence electrons. The number of hydrogen-bond donors (Lipinski definition) is 1. The molecule has 0 saturated carbocycles. The first-order valence-corrected chi connectivity index (χ1v) is 14.8. The van der Waals surface area contributed by atoms with Crippen molar-refractivity contribution in [3.8, 4) is 33.5 Å². The molecule has 7 rings (SSSR count). The molecule has 0 aliphatic rings. The molecule has 7 aromatic rings. The van der Waals surface area contributed by atoms with Crippen molar-refractivity contribution in [2.75, 3.05) is 7.05 Å². The zero-order valence-corrected chi connectivity index (χ0v) is 24.5. The first-order chi connectivity index (χ1) is 21.7. The van der Waals surface area contributed by atoms with Crippen LogP contribution in [0.1, 0.15) is 16.7 Å². The van der Waals surface area contributed by atoms with Crippen molar-refractivity contribution in [2.24, 2.45) is 9.98 Å². The zero-order valence-electron chi connectivity index (χ0n) is 24.5. The minimum Gasteiger partial charge on any atom is -0.361 e. The molecule has 0 bridgehead atoms. The third kappa shape index (κ3) is 5.64. The van der Waals surface area contributed by atoms with E-state index in [2.05, 4.69) is 137 Å². The second-order valence-corrected chi connectivity index (χ2v) is 10.8. The summed E-state index contributed by atoms with van der Waals surface area (Å²) in [6, 6.07) is 55.4. The molecule has 0 saturated heterocycles. The highest BCUT2D eigenvalue weighted by Gasteiger charge is 2.15. The summed E-state index contributed by atoms with van der Waals surface area (Å²) in [5, 5.41) is 2.44. The van der Waals surface area contributed by atoms with Gasteiger partial charge in [0.25, 0.3) is 0 Å². The summed E-state index contributed by atoms with van der Waals surface area (Å²) < 4.78 is 0. The minimum absolute atomic E-state index is 0.691. The number of amidine groups is 1. The standard InChI is InChI=1S/C41H31N3/c1-42-41(31-15-6-3-7-16-31)44-40(30-13-4-2-5-14-30)38-27-36(33-18-10-19-35(25-33)39-20-11-23-43-39)26-37(28-38)34-22-21-29-12-8-9-17-32(29)24-34/h2-28,43H,1H3/b42-41-,44-40+. The van der Waals surface area contributed by atoms with Crippen LogP contribution in [0.5, 0.6) is 0 Å².